The van der Waals surface area contributed by atoms with Gasteiger partial charge in [-0.1, -0.05) is 60.7 Å². The number of benzene rings is 3. The van der Waals surface area contributed by atoms with Crippen LogP contribution in [0.3, 0.4) is 0 Å². The lowest BCUT2D eigenvalue weighted by Crippen LogP contribution is -2.49. The molecule has 1 aliphatic rings. The van der Waals surface area contributed by atoms with Crippen LogP contribution < -0.4 is 4.90 Å². The van der Waals surface area contributed by atoms with Crippen LogP contribution >= 0.6 is 0 Å². The van der Waals surface area contributed by atoms with E-state index in [1.54, 1.807) is 17.0 Å². The van der Waals surface area contributed by atoms with Crippen molar-refractivity contribution < 1.29 is 9.18 Å². The maximum atomic E-state index is 14.2. The maximum Gasteiger partial charge on any atom is 0.256 e. The van der Waals surface area contributed by atoms with Gasteiger partial charge in [-0.3, -0.25) is 4.79 Å². The number of hydrogen-bond donors (Lipinski definition) is 0. The Hall–Kier alpha value is -4.59. The SMILES string of the molecule is Cc1nn(-c2ccccc2)c2nc(Cc3ccccc3)nc(N3CCN(C(=O)c4ccccc4F)CC3)c12. The molecule has 1 amide bonds. The summed E-state index contributed by atoms with van der Waals surface area (Å²) in [4.78, 5) is 26.9. The molecule has 0 spiro atoms. The summed E-state index contributed by atoms with van der Waals surface area (Å²) in [6.45, 7) is 4.07. The summed E-state index contributed by atoms with van der Waals surface area (Å²) < 4.78 is 16.1. The molecular formula is C30H27FN6O. The van der Waals surface area contributed by atoms with Gasteiger partial charge < -0.3 is 9.80 Å². The van der Waals surface area contributed by atoms with E-state index in [1.807, 2.05) is 60.1 Å². The molecule has 5 aromatic rings. The van der Waals surface area contributed by atoms with E-state index in [9.17, 15) is 9.18 Å². The fourth-order valence-corrected chi connectivity index (χ4v) is 4.97. The number of carbonyl (C=O) groups is 1. The zero-order chi connectivity index (χ0) is 26.1. The molecule has 0 atom stereocenters. The number of halogens is 1. The topological polar surface area (TPSA) is 67.2 Å². The second kappa shape index (κ2) is 10.0. The Labute approximate surface area is 220 Å². The fourth-order valence-electron chi connectivity index (χ4n) is 4.97. The summed E-state index contributed by atoms with van der Waals surface area (Å²) in [6.07, 6.45) is 0.592. The predicted octanol–water partition coefficient (Wildman–Crippen LogP) is 4.82. The normalized spacial score (nSPS) is 13.7. The summed E-state index contributed by atoms with van der Waals surface area (Å²) in [5, 5.41) is 5.74. The maximum absolute atomic E-state index is 14.2. The van der Waals surface area contributed by atoms with Crippen LogP contribution in [0, 0.1) is 12.7 Å². The molecule has 1 fully saturated rings. The van der Waals surface area contributed by atoms with Gasteiger partial charge in [-0.25, -0.2) is 19.0 Å². The first-order valence-corrected chi connectivity index (χ1v) is 12.7. The van der Waals surface area contributed by atoms with Crippen LogP contribution in [-0.4, -0.2) is 56.7 Å². The van der Waals surface area contributed by atoms with E-state index in [4.69, 9.17) is 15.1 Å². The van der Waals surface area contributed by atoms with Crippen molar-refractivity contribution >= 4 is 22.8 Å². The molecule has 0 unspecified atom stereocenters. The van der Waals surface area contributed by atoms with Gasteiger partial charge >= 0.3 is 0 Å². The minimum atomic E-state index is -0.494. The van der Waals surface area contributed by atoms with Crippen LogP contribution in [0.25, 0.3) is 16.7 Å². The Kier molecular flexibility index (Phi) is 6.29. The largest absolute Gasteiger partial charge is 0.352 e. The van der Waals surface area contributed by atoms with Gasteiger partial charge in [-0.05, 0) is 36.8 Å². The molecule has 7 nitrogen and oxygen atoms in total. The van der Waals surface area contributed by atoms with Gasteiger partial charge in [0.15, 0.2) is 5.65 Å². The predicted molar refractivity (Wildman–Crippen MR) is 145 cm³/mol. The highest BCUT2D eigenvalue weighted by Gasteiger charge is 2.27. The highest BCUT2D eigenvalue weighted by molar-refractivity contribution is 5.95. The molecule has 6 rings (SSSR count). The number of amides is 1. The monoisotopic (exact) mass is 506 g/mol. The summed E-state index contributed by atoms with van der Waals surface area (Å²) in [6, 6.07) is 26.3. The van der Waals surface area contributed by atoms with Crippen LogP contribution in [-0.2, 0) is 6.42 Å². The summed E-state index contributed by atoms with van der Waals surface area (Å²) in [5.74, 6) is 0.750. The molecule has 8 heteroatoms. The van der Waals surface area contributed by atoms with Gasteiger partial charge in [0, 0.05) is 32.6 Å². The summed E-state index contributed by atoms with van der Waals surface area (Å²) in [5.41, 5.74) is 3.77. The number of fused-ring (bicyclic) bond motifs is 1. The highest BCUT2D eigenvalue weighted by atomic mass is 19.1. The number of carbonyl (C=O) groups excluding carboxylic acids is 1. The molecule has 38 heavy (non-hydrogen) atoms. The van der Waals surface area contributed by atoms with Crippen molar-refractivity contribution in [2.24, 2.45) is 0 Å². The number of para-hydroxylation sites is 1. The lowest BCUT2D eigenvalue weighted by Gasteiger charge is -2.36. The van der Waals surface area contributed by atoms with E-state index in [0.717, 1.165) is 33.8 Å². The van der Waals surface area contributed by atoms with Crippen molar-refractivity contribution in [1.29, 1.82) is 0 Å². The lowest BCUT2D eigenvalue weighted by molar-refractivity contribution is 0.0742. The average Bonchev–Trinajstić information content (AvgIpc) is 3.30. The van der Waals surface area contributed by atoms with E-state index < -0.39 is 5.82 Å². The molecule has 0 saturated carbocycles. The van der Waals surface area contributed by atoms with Crippen molar-refractivity contribution in [3.63, 3.8) is 0 Å². The molecule has 3 heterocycles. The van der Waals surface area contributed by atoms with E-state index in [0.29, 0.717) is 38.4 Å². The van der Waals surface area contributed by atoms with Crippen LogP contribution in [0.2, 0.25) is 0 Å². The van der Waals surface area contributed by atoms with Gasteiger partial charge in [0.1, 0.15) is 17.5 Å². The number of rotatable bonds is 5. The van der Waals surface area contributed by atoms with Gasteiger partial charge in [-0.15, -0.1) is 0 Å². The van der Waals surface area contributed by atoms with Gasteiger partial charge in [0.05, 0.1) is 22.3 Å². The number of aryl methyl sites for hydroxylation is 1. The molecule has 3 aromatic carbocycles. The van der Waals surface area contributed by atoms with Crippen LogP contribution in [0.15, 0.2) is 84.9 Å². The summed E-state index contributed by atoms with van der Waals surface area (Å²) in [7, 11) is 0. The Bertz CT molecular complexity index is 1590. The van der Waals surface area contributed by atoms with Crippen LogP contribution in [0.5, 0.6) is 0 Å². The second-order valence-electron chi connectivity index (χ2n) is 9.42. The van der Waals surface area contributed by atoms with E-state index >= 15 is 0 Å². The van der Waals surface area contributed by atoms with Crippen molar-refractivity contribution in [2.45, 2.75) is 13.3 Å². The van der Waals surface area contributed by atoms with E-state index in [2.05, 4.69) is 17.0 Å². The van der Waals surface area contributed by atoms with Gasteiger partial charge in [0.25, 0.3) is 5.91 Å². The Balaban J connectivity index is 1.36. The molecule has 1 aliphatic heterocycles. The Morgan fingerprint density at radius 1 is 0.842 bits per heavy atom. The fraction of sp³-hybridized carbons (Fsp3) is 0.200. The molecular weight excluding hydrogens is 479 g/mol. The minimum absolute atomic E-state index is 0.107. The van der Waals surface area contributed by atoms with Crippen LogP contribution in [0.1, 0.15) is 27.4 Å². The number of aromatic nitrogens is 4. The van der Waals surface area contributed by atoms with Gasteiger partial charge in [-0.2, -0.15) is 5.10 Å². The minimum Gasteiger partial charge on any atom is -0.352 e. The standard InChI is InChI=1S/C30H27FN6O/c1-21-27-28(35-16-18-36(19-17-35)30(38)24-14-8-9-15-25(24)31)32-26(20-22-10-4-2-5-11-22)33-29(27)37(34-21)23-12-6-3-7-13-23/h2-15H,16-20H2,1H3. The van der Waals surface area contributed by atoms with E-state index in [1.165, 1.54) is 12.1 Å². The molecule has 0 bridgehead atoms. The van der Waals surface area contributed by atoms with Crippen molar-refractivity contribution in [1.82, 2.24) is 24.6 Å². The Morgan fingerprint density at radius 2 is 1.50 bits per heavy atom. The molecule has 190 valence electrons. The smallest absolute Gasteiger partial charge is 0.256 e. The van der Waals surface area contributed by atoms with Crippen LogP contribution in [0.4, 0.5) is 10.2 Å². The third kappa shape index (κ3) is 4.49. The number of hydrogen-bond acceptors (Lipinski definition) is 5. The zero-order valence-corrected chi connectivity index (χ0v) is 21.1. The molecule has 0 aliphatic carbocycles. The molecule has 0 N–H and O–H groups in total. The first-order chi connectivity index (χ1) is 18.6. The zero-order valence-electron chi connectivity index (χ0n) is 21.1. The Morgan fingerprint density at radius 3 is 2.21 bits per heavy atom. The third-order valence-corrected chi connectivity index (χ3v) is 6.91. The first-order valence-electron chi connectivity index (χ1n) is 12.7. The summed E-state index contributed by atoms with van der Waals surface area (Å²) >= 11 is 0. The molecule has 2 aromatic heterocycles. The van der Waals surface area contributed by atoms with Gasteiger partial charge in [0.2, 0.25) is 0 Å². The molecule has 0 radical (unpaired) electrons. The van der Waals surface area contributed by atoms with Crippen molar-refractivity contribution in [2.75, 3.05) is 31.1 Å². The number of anilines is 1. The highest BCUT2D eigenvalue weighted by Crippen LogP contribution is 2.30. The quantitative estimate of drug-likeness (QED) is 0.342. The van der Waals surface area contributed by atoms with E-state index in [-0.39, 0.29) is 11.5 Å². The van der Waals surface area contributed by atoms with Crippen molar-refractivity contribution in [3.8, 4) is 5.69 Å². The number of nitrogens with zero attached hydrogens (tertiary/aromatic N) is 6. The first kappa shape index (κ1) is 23.8. The van der Waals surface area contributed by atoms with Crippen molar-refractivity contribution in [3.05, 3.63) is 113 Å². The molecule has 1 saturated heterocycles. The number of piperazine rings is 1. The second-order valence-corrected chi connectivity index (χ2v) is 9.42. The lowest BCUT2D eigenvalue weighted by atomic mass is 10.1. The third-order valence-electron chi connectivity index (χ3n) is 6.91. The average molecular weight is 507 g/mol.